The number of nitrogens with one attached hydrogen (secondary N) is 3. The Balaban J connectivity index is 2.43. The summed E-state index contributed by atoms with van der Waals surface area (Å²) in [4.78, 5) is 22.0. The maximum Gasteiger partial charge on any atom is 0.407 e. The van der Waals surface area contributed by atoms with Crippen LogP contribution in [0.25, 0.3) is 0 Å². The first-order valence-corrected chi connectivity index (χ1v) is 10.3. The molecule has 0 aliphatic rings. The van der Waals surface area contributed by atoms with E-state index in [0.717, 1.165) is 24.4 Å². The molecule has 0 aliphatic heterocycles. The van der Waals surface area contributed by atoms with Gasteiger partial charge >= 0.3 is 6.09 Å². The zero-order valence-corrected chi connectivity index (χ0v) is 18.5. The van der Waals surface area contributed by atoms with Crippen LogP contribution in [-0.4, -0.2) is 48.8 Å². The quantitative estimate of drug-likeness (QED) is 0.464. The molecule has 1 atom stereocenters. The minimum Gasteiger partial charge on any atom is -0.444 e. The fraction of sp³-hybridized carbons (Fsp3) is 0.737. The number of alkyl carbamates (subject to hydrolysis) is 1. The second-order valence-electron chi connectivity index (χ2n) is 7.70. The van der Waals surface area contributed by atoms with Gasteiger partial charge in [0.15, 0.2) is 5.96 Å². The number of hydrogen-bond acceptors (Lipinski definition) is 5. The molecule has 0 bridgehead atoms. The highest BCUT2D eigenvalue weighted by atomic mass is 32.1. The summed E-state index contributed by atoms with van der Waals surface area (Å²) in [5.74, 6) is 0.963. The van der Waals surface area contributed by atoms with E-state index in [2.05, 4.69) is 46.7 Å². The van der Waals surface area contributed by atoms with Gasteiger partial charge in [-0.25, -0.2) is 9.78 Å². The van der Waals surface area contributed by atoms with Crippen molar-refractivity contribution in [3.05, 3.63) is 16.1 Å². The van der Waals surface area contributed by atoms with Crippen molar-refractivity contribution in [3.63, 3.8) is 0 Å². The molecule has 154 valence electrons. The van der Waals surface area contributed by atoms with E-state index < -0.39 is 11.7 Å². The Morgan fingerprint density at radius 3 is 2.56 bits per heavy atom. The molecule has 0 saturated carbocycles. The van der Waals surface area contributed by atoms with E-state index in [0.29, 0.717) is 12.5 Å². The molecule has 1 rings (SSSR count). The van der Waals surface area contributed by atoms with Gasteiger partial charge in [-0.3, -0.25) is 4.99 Å². The molecule has 1 aromatic rings. The number of carbonyl (C=O) groups excluding carboxylic acids is 1. The smallest absolute Gasteiger partial charge is 0.407 e. The molecule has 0 aromatic carbocycles. The summed E-state index contributed by atoms with van der Waals surface area (Å²) in [6.07, 6.45) is 3.43. The molecule has 3 N–H and O–H groups in total. The molecule has 0 radical (unpaired) electrons. The van der Waals surface area contributed by atoms with E-state index >= 15 is 0 Å². The third kappa shape index (κ3) is 9.60. The number of ether oxygens (including phenoxy) is 1. The summed E-state index contributed by atoms with van der Waals surface area (Å²) >= 11 is 1.75. The Bertz CT molecular complexity index is 607. The summed E-state index contributed by atoms with van der Waals surface area (Å²) in [5, 5.41) is 10.6. The fourth-order valence-corrected chi connectivity index (χ4v) is 3.12. The van der Waals surface area contributed by atoms with Gasteiger partial charge in [-0.2, -0.15) is 0 Å². The lowest BCUT2D eigenvalue weighted by Gasteiger charge is -2.26. The van der Waals surface area contributed by atoms with Crippen LogP contribution in [0.4, 0.5) is 4.79 Å². The fourth-order valence-electron chi connectivity index (χ4n) is 2.25. The van der Waals surface area contributed by atoms with E-state index in [1.807, 2.05) is 27.0 Å². The highest BCUT2D eigenvalue weighted by molar-refractivity contribution is 7.11. The van der Waals surface area contributed by atoms with Crippen LogP contribution >= 0.6 is 11.3 Å². The lowest BCUT2D eigenvalue weighted by atomic mass is 10.0. The van der Waals surface area contributed by atoms with E-state index in [1.165, 1.54) is 4.88 Å². The van der Waals surface area contributed by atoms with Crippen molar-refractivity contribution >= 4 is 23.4 Å². The Morgan fingerprint density at radius 2 is 2.04 bits per heavy atom. The Hall–Kier alpha value is -1.83. The molecule has 1 amide bonds. The minimum absolute atomic E-state index is 0.0653. The molecule has 8 heteroatoms. The van der Waals surface area contributed by atoms with Crippen molar-refractivity contribution in [2.45, 2.75) is 66.0 Å². The normalized spacial score (nSPS) is 13.4. The molecule has 1 unspecified atom stereocenters. The van der Waals surface area contributed by atoms with Gasteiger partial charge in [0, 0.05) is 37.6 Å². The predicted octanol–water partition coefficient (Wildman–Crippen LogP) is 2.96. The SMILES string of the molecule is CCc1cnc(CCNC(=NC)NCC(NC(=O)OC(C)(C)C)C(C)C)s1. The molecular formula is C19H35N5O2S. The molecule has 0 saturated heterocycles. The second kappa shape index (κ2) is 11.1. The van der Waals surface area contributed by atoms with Gasteiger partial charge in [-0.15, -0.1) is 11.3 Å². The van der Waals surface area contributed by atoms with E-state index in [-0.39, 0.29) is 12.0 Å². The zero-order valence-electron chi connectivity index (χ0n) is 17.7. The molecule has 1 heterocycles. The Labute approximate surface area is 167 Å². The first kappa shape index (κ1) is 23.2. The van der Waals surface area contributed by atoms with Crippen molar-refractivity contribution < 1.29 is 9.53 Å². The third-order valence-electron chi connectivity index (χ3n) is 3.80. The lowest BCUT2D eigenvalue weighted by Crippen LogP contribution is -2.50. The second-order valence-corrected chi connectivity index (χ2v) is 8.90. The molecule has 1 aromatic heterocycles. The summed E-state index contributed by atoms with van der Waals surface area (Å²) in [6, 6.07) is -0.0653. The molecule has 0 spiro atoms. The number of guanidine groups is 1. The number of rotatable bonds is 8. The third-order valence-corrected chi connectivity index (χ3v) is 5.00. The van der Waals surface area contributed by atoms with Gasteiger partial charge in [-0.1, -0.05) is 20.8 Å². The number of aryl methyl sites for hydroxylation is 1. The number of aromatic nitrogens is 1. The standard InChI is InChI=1S/C19H35N5O2S/c1-8-14-11-22-16(27-14)9-10-21-17(20-7)23-12-15(13(2)3)24-18(25)26-19(4,5)6/h11,13,15H,8-10,12H2,1-7H3,(H,24,25)(H2,20,21,23). The van der Waals surface area contributed by atoms with Crippen LogP contribution in [0.15, 0.2) is 11.2 Å². The molecule has 0 fully saturated rings. The van der Waals surface area contributed by atoms with Crippen LogP contribution in [0.3, 0.4) is 0 Å². The van der Waals surface area contributed by atoms with Crippen LogP contribution in [0, 0.1) is 5.92 Å². The van der Waals surface area contributed by atoms with Crippen molar-refractivity contribution in [2.24, 2.45) is 10.9 Å². The van der Waals surface area contributed by atoms with Crippen LogP contribution in [-0.2, 0) is 17.6 Å². The van der Waals surface area contributed by atoms with Crippen LogP contribution < -0.4 is 16.0 Å². The number of hydrogen-bond donors (Lipinski definition) is 3. The largest absolute Gasteiger partial charge is 0.444 e. The van der Waals surface area contributed by atoms with Gasteiger partial charge in [0.25, 0.3) is 0 Å². The summed E-state index contributed by atoms with van der Waals surface area (Å²) in [7, 11) is 1.74. The van der Waals surface area contributed by atoms with Crippen LogP contribution in [0.1, 0.15) is 51.4 Å². The maximum absolute atomic E-state index is 12.0. The average molecular weight is 398 g/mol. The van der Waals surface area contributed by atoms with Crippen molar-refractivity contribution in [1.29, 1.82) is 0 Å². The van der Waals surface area contributed by atoms with E-state index in [4.69, 9.17) is 4.74 Å². The summed E-state index contributed by atoms with van der Waals surface area (Å²) in [6.45, 7) is 13.1. The highest BCUT2D eigenvalue weighted by Crippen LogP contribution is 2.13. The van der Waals surface area contributed by atoms with Crippen molar-refractivity contribution in [1.82, 2.24) is 20.9 Å². The topological polar surface area (TPSA) is 87.6 Å². The maximum atomic E-state index is 12.0. The van der Waals surface area contributed by atoms with Gasteiger partial charge < -0.3 is 20.7 Å². The molecule has 0 aliphatic carbocycles. The van der Waals surface area contributed by atoms with Crippen LogP contribution in [0.2, 0.25) is 0 Å². The minimum atomic E-state index is -0.510. The average Bonchev–Trinajstić information content (AvgIpc) is 3.02. The van der Waals surface area contributed by atoms with E-state index in [9.17, 15) is 4.79 Å². The van der Waals surface area contributed by atoms with Gasteiger partial charge in [0.1, 0.15) is 5.60 Å². The zero-order chi connectivity index (χ0) is 20.4. The van der Waals surface area contributed by atoms with Gasteiger partial charge in [-0.05, 0) is 33.1 Å². The number of nitrogens with zero attached hydrogens (tertiary/aromatic N) is 2. The first-order chi connectivity index (χ1) is 12.6. The Kier molecular flexibility index (Phi) is 9.55. The van der Waals surface area contributed by atoms with Gasteiger partial charge in [0.2, 0.25) is 0 Å². The predicted molar refractivity (Wildman–Crippen MR) is 113 cm³/mol. The first-order valence-electron chi connectivity index (χ1n) is 9.52. The van der Waals surface area contributed by atoms with Crippen LogP contribution in [0.5, 0.6) is 0 Å². The molecule has 27 heavy (non-hydrogen) atoms. The van der Waals surface area contributed by atoms with Crippen molar-refractivity contribution in [3.8, 4) is 0 Å². The number of amides is 1. The van der Waals surface area contributed by atoms with Crippen molar-refractivity contribution in [2.75, 3.05) is 20.1 Å². The summed E-state index contributed by atoms with van der Waals surface area (Å²) in [5.41, 5.74) is -0.510. The summed E-state index contributed by atoms with van der Waals surface area (Å²) < 4.78 is 5.35. The highest BCUT2D eigenvalue weighted by Gasteiger charge is 2.21. The number of carbonyl (C=O) groups is 1. The molecular weight excluding hydrogens is 362 g/mol. The molecule has 7 nitrogen and oxygen atoms in total. The number of aliphatic imine (C=N–C) groups is 1. The monoisotopic (exact) mass is 397 g/mol. The number of thiazole rings is 1. The van der Waals surface area contributed by atoms with Gasteiger partial charge in [0.05, 0.1) is 11.0 Å². The van der Waals surface area contributed by atoms with E-state index in [1.54, 1.807) is 18.4 Å². The lowest BCUT2D eigenvalue weighted by molar-refractivity contribution is 0.0491. The Morgan fingerprint density at radius 1 is 1.33 bits per heavy atom.